The minimum atomic E-state index is 0.517. The minimum absolute atomic E-state index is 0.517. The molecule has 294 valence electrons. The van der Waals surface area contributed by atoms with E-state index in [1.54, 1.807) is 12.5 Å². The number of nitrogens with one attached hydrogen (secondary N) is 1. The number of hydrogen-bond acceptors (Lipinski definition) is 5. The van der Waals surface area contributed by atoms with Crippen molar-refractivity contribution in [3.63, 3.8) is 0 Å². The number of rotatable bonds is 9. The van der Waals surface area contributed by atoms with Crippen molar-refractivity contribution in [1.82, 2.24) is 14.9 Å². The van der Waals surface area contributed by atoms with Gasteiger partial charge in [-0.2, -0.15) is 0 Å². The van der Waals surface area contributed by atoms with Gasteiger partial charge in [0.2, 0.25) is 0 Å². The quantitative estimate of drug-likeness (QED) is 0.158. The molecule has 1 aliphatic rings. The molecule has 1 N–H and O–H groups in total. The summed E-state index contributed by atoms with van der Waals surface area (Å²) in [5.74, 6) is 0.815. The summed E-state index contributed by atoms with van der Waals surface area (Å²) in [5.41, 5.74) is 16.8. The molecule has 0 radical (unpaired) electrons. The van der Waals surface area contributed by atoms with Crippen LogP contribution in [0.5, 0.6) is 0 Å². The molecule has 0 atom stereocenters. The molecule has 6 heteroatoms. The summed E-state index contributed by atoms with van der Waals surface area (Å²) >= 11 is 0. The number of aliphatic imine (C=N–C) groups is 2. The number of nitrogens with zero attached hydrogens (tertiary/aromatic N) is 5. The van der Waals surface area contributed by atoms with Gasteiger partial charge in [-0.1, -0.05) is 121 Å². The van der Waals surface area contributed by atoms with Gasteiger partial charge >= 0.3 is 0 Å². The fourth-order valence-electron chi connectivity index (χ4n) is 8.74. The highest BCUT2D eigenvalue weighted by atomic mass is 15.1. The average Bonchev–Trinajstić information content (AvgIpc) is 3.70. The Balaban J connectivity index is 1.10. The number of anilines is 3. The summed E-state index contributed by atoms with van der Waals surface area (Å²) in [4.78, 5) is 15.3. The highest BCUT2D eigenvalue weighted by molar-refractivity contribution is 6.20. The summed E-state index contributed by atoms with van der Waals surface area (Å²) in [6.45, 7) is 0.517. The minimum Gasteiger partial charge on any atom is -0.350 e. The van der Waals surface area contributed by atoms with Crippen molar-refractivity contribution in [3.05, 3.63) is 224 Å². The molecule has 1 aliphatic heterocycles. The van der Waals surface area contributed by atoms with Crippen molar-refractivity contribution in [1.29, 1.82) is 0 Å². The van der Waals surface area contributed by atoms with Crippen molar-refractivity contribution in [2.75, 3.05) is 11.6 Å². The van der Waals surface area contributed by atoms with E-state index in [1.807, 2.05) is 12.3 Å². The molecule has 10 aromatic rings. The number of aromatic nitrogens is 2. The first-order valence-corrected chi connectivity index (χ1v) is 20.9. The third kappa shape index (κ3) is 6.79. The number of fused-ring (bicyclic) bond motifs is 3. The molecular weight excluding hydrogens is 757 g/mol. The van der Waals surface area contributed by atoms with E-state index in [-0.39, 0.29) is 0 Å². The third-order valence-corrected chi connectivity index (χ3v) is 11.7. The lowest BCUT2D eigenvalue weighted by Crippen LogP contribution is -2.27. The average molecular weight is 797 g/mol. The van der Waals surface area contributed by atoms with Gasteiger partial charge in [0, 0.05) is 57.0 Å². The summed E-state index contributed by atoms with van der Waals surface area (Å²) in [5, 5.41) is 5.72. The van der Waals surface area contributed by atoms with Gasteiger partial charge in [-0.25, -0.2) is 4.99 Å². The zero-order valence-electron chi connectivity index (χ0n) is 33.8. The first kappa shape index (κ1) is 36.7. The molecule has 0 unspecified atom stereocenters. The maximum atomic E-state index is 4.47. The van der Waals surface area contributed by atoms with E-state index in [0.717, 1.165) is 50.8 Å². The zero-order valence-corrected chi connectivity index (χ0v) is 33.8. The van der Waals surface area contributed by atoms with Gasteiger partial charge in [-0.15, -0.1) is 0 Å². The molecule has 0 amide bonds. The molecule has 0 aliphatic carbocycles. The van der Waals surface area contributed by atoms with E-state index in [0.29, 0.717) is 6.67 Å². The van der Waals surface area contributed by atoms with Gasteiger partial charge < -0.3 is 14.8 Å². The molecule has 8 aromatic carbocycles. The Morgan fingerprint density at radius 1 is 0.468 bits per heavy atom. The second-order valence-corrected chi connectivity index (χ2v) is 15.4. The van der Waals surface area contributed by atoms with Gasteiger partial charge in [0.15, 0.2) is 0 Å². The second-order valence-electron chi connectivity index (χ2n) is 15.4. The number of hydrogen-bond donors (Lipinski definition) is 1. The Morgan fingerprint density at radius 2 is 1.05 bits per heavy atom. The van der Waals surface area contributed by atoms with Gasteiger partial charge in [-0.3, -0.25) is 9.98 Å². The Kier molecular flexibility index (Phi) is 9.48. The highest BCUT2D eigenvalue weighted by Crippen LogP contribution is 2.45. The largest absolute Gasteiger partial charge is 0.350 e. The molecule has 0 saturated heterocycles. The molecule has 2 aromatic heterocycles. The first-order valence-electron chi connectivity index (χ1n) is 20.9. The van der Waals surface area contributed by atoms with Crippen LogP contribution in [0.1, 0.15) is 5.56 Å². The van der Waals surface area contributed by atoms with Crippen LogP contribution in [0.4, 0.5) is 17.1 Å². The summed E-state index contributed by atoms with van der Waals surface area (Å²) in [6, 6.07) is 74.0. The second kappa shape index (κ2) is 16.0. The van der Waals surface area contributed by atoms with Gasteiger partial charge in [-0.05, 0) is 124 Å². The fourth-order valence-corrected chi connectivity index (χ4v) is 8.74. The SMILES string of the molecule is C1=NCNC(c2ccc(N(c3ccc(-c4cccnc4)cc3)c3ccc(-n4c5cccc(-c6ccccc6)c5c5cc(-c6ccccc6)cc(-c6ccccc6)c54)cc3)cc2)=N1. The van der Waals surface area contributed by atoms with Crippen LogP contribution in [0.3, 0.4) is 0 Å². The number of amidine groups is 1. The molecule has 0 saturated carbocycles. The highest BCUT2D eigenvalue weighted by Gasteiger charge is 2.22. The third-order valence-electron chi connectivity index (χ3n) is 11.7. The Bertz CT molecular complexity index is 3230. The predicted molar refractivity (Wildman–Crippen MR) is 258 cm³/mol. The number of pyridine rings is 1. The van der Waals surface area contributed by atoms with Crippen LogP contribution in [0, 0.1) is 0 Å². The molecule has 6 nitrogen and oxygen atoms in total. The van der Waals surface area contributed by atoms with Gasteiger partial charge in [0.1, 0.15) is 18.8 Å². The maximum Gasteiger partial charge on any atom is 0.136 e. The lowest BCUT2D eigenvalue weighted by atomic mass is 9.93. The zero-order chi connectivity index (χ0) is 41.2. The van der Waals surface area contributed by atoms with Crippen LogP contribution >= 0.6 is 0 Å². The van der Waals surface area contributed by atoms with Gasteiger partial charge in [0.05, 0.1) is 11.0 Å². The standard InChI is InChI=1S/C56H40N6/c1-4-12-39(13-5-1)45-34-51(42-16-8-3-9-17-42)55-52(35-45)54-50(41-14-6-2-7-15-41)19-10-20-53(54)62(55)49-31-29-48(30-32-49)61(46-25-21-40(22-26-46)44-18-11-33-57-36-44)47-27-23-43(24-28-47)56-59-37-58-38-60-56/h1-37H,38H2,(H,58,59,60). The molecule has 0 bridgehead atoms. The normalized spacial score (nSPS) is 12.3. The Morgan fingerprint density at radius 3 is 1.66 bits per heavy atom. The van der Waals surface area contributed by atoms with Crippen molar-refractivity contribution in [2.24, 2.45) is 9.98 Å². The Hall–Kier alpha value is -8.35. The lowest BCUT2D eigenvalue weighted by molar-refractivity contribution is 0.915. The topological polar surface area (TPSA) is 57.8 Å². The van der Waals surface area contributed by atoms with E-state index in [9.17, 15) is 0 Å². The maximum absolute atomic E-state index is 4.47. The van der Waals surface area contributed by atoms with E-state index in [2.05, 4.69) is 230 Å². The van der Waals surface area contributed by atoms with Crippen molar-refractivity contribution < 1.29 is 0 Å². The van der Waals surface area contributed by atoms with E-state index in [4.69, 9.17) is 0 Å². The molecule has 0 spiro atoms. The van der Waals surface area contributed by atoms with Crippen LogP contribution in [-0.2, 0) is 0 Å². The lowest BCUT2D eigenvalue weighted by Gasteiger charge is -2.26. The van der Waals surface area contributed by atoms with Crippen LogP contribution < -0.4 is 10.2 Å². The smallest absolute Gasteiger partial charge is 0.136 e. The molecule has 0 fully saturated rings. The molecule has 11 rings (SSSR count). The van der Waals surface area contributed by atoms with Gasteiger partial charge in [0.25, 0.3) is 0 Å². The fraction of sp³-hybridized carbons (Fsp3) is 0.0179. The first-order chi connectivity index (χ1) is 30.8. The van der Waals surface area contributed by atoms with Crippen LogP contribution in [0.2, 0.25) is 0 Å². The van der Waals surface area contributed by atoms with Crippen molar-refractivity contribution in [2.45, 2.75) is 0 Å². The number of benzene rings is 8. The van der Waals surface area contributed by atoms with E-state index < -0.39 is 0 Å². The van der Waals surface area contributed by atoms with Crippen LogP contribution in [0.15, 0.2) is 229 Å². The van der Waals surface area contributed by atoms with Crippen molar-refractivity contribution in [3.8, 4) is 50.2 Å². The van der Waals surface area contributed by atoms with Crippen LogP contribution in [0.25, 0.3) is 72.0 Å². The Labute approximate surface area is 360 Å². The molecule has 62 heavy (non-hydrogen) atoms. The van der Waals surface area contributed by atoms with Crippen molar-refractivity contribution >= 4 is 51.0 Å². The summed E-state index contributed by atoms with van der Waals surface area (Å²) in [7, 11) is 0. The summed E-state index contributed by atoms with van der Waals surface area (Å²) in [6.07, 6.45) is 5.32. The van der Waals surface area contributed by atoms with Crippen LogP contribution in [-0.4, -0.2) is 28.4 Å². The molecule has 3 heterocycles. The van der Waals surface area contributed by atoms with E-state index in [1.165, 1.54) is 49.7 Å². The predicted octanol–water partition coefficient (Wildman–Crippen LogP) is 13.7. The monoisotopic (exact) mass is 796 g/mol. The van der Waals surface area contributed by atoms with E-state index >= 15 is 0 Å². The summed E-state index contributed by atoms with van der Waals surface area (Å²) < 4.78 is 2.46. The molecular formula is C56H40N6.